The molecule has 0 radical (unpaired) electrons. The molecule has 1 heterocycles. The van der Waals surface area contributed by atoms with Gasteiger partial charge in [-0.05, 0) is 73.4 Å². The number of amides is 1. The van der Waals surface area contributed by atoms with Crippen LogP contribution in [-0.2, 0) is 4.79 Å². The number of nitrogens with zero attached hydrogens (tertiary/aromatic N) is 2. The number of rotatable bonds is 5. The van der Waals surface area contributed by atoms with E-state index in [1.807, 2.05) is 72.5 Å². The number of amidine groups is 1. The SMILES string of the molecule is CCOc1ccc(/C=C2\SC(=Nc3ccccc3)N([C@@H]3CCCC[C@@H]3C)C2=O)cc1. The lowest BCUT2D eigenvalue weighted by Gasteiger charge is -2.35. The number of carbonyl (C=O) groups is 1. The van der Waals surface area contributed by atoms with Crippen molar-refractivity contribution in [2.45, 2.75) is 45.6 Å². The van der Waals surface area contributed by atoms with Crippen LogP contribution in [0.1, 0.15) is 45.1 Å². The van der Waals surface area contributed by atoms with E-state index in [0.717, 1.165) is 39.9 Å². The van der Waals surface area contributed by atoms with Crippen LogP contribution < -0.4 is 4.74 Å². The van der Waals surface area contributed by atoms with E-state index in [2.05, 4.69) is 6.92 Å². The van der Waals surface area contributed by atoms with Gasteiger partial charge in [0.1, 0.15) is 5.75 Å². The molecule has 0 bridgehead atoms. The lowest BCUT2D eigenvalue weighted by molar-refractivity contribution is -0.124. The summed E-state index contributed by atoms with van der Waals surface area (Å²) in [6.07, 6.45) is 6.58. The summed E-state index contributed by atoms with van der Waals surface area (Å²) in [5.41, 5.74) is 1.87. The zero-order valence-corrected chi connectivity index (χ0v) is 18.4. The first-order chi connectivity index (χ1) is 14.7. The van der Waals surface area contributed by atoms with E-state index >= 15 is 0 Å². The summed E-state index contributed by atoms with van der Waals surface area (Å²) in [5, 5.41) is 0.794. The highest BCUT2D eigenvalue weighted by molar-refractivity contribution is 8.18. The summed E-state index contributed by atoms with van der Waals surface area (Å²) < 4.78 is 5.52. The molecule has 1 aliphatic carbocycles. The Kier molecular flexibility index (Phi) is 6.58. The molecule has 2 atom stereocenters. The van der Waals surface area contributed by atoms with Crippen LogP contribution in [-0.4, -0.2) is 28.6 Å². The Hall–Kier alpha value is -2.53. The van der Waals surface area contributed by atoms with Crippen molar-refractivity contribution in [3.05, 3.63) is 65.1 Å². The molecule has 1 aliphatic heterocycles. The van der Waals surface area contributed by atoms with Crippen molar-refractivity contribution in [1.29, 1.82) is 0 Å². The number of thioether (sulfide) groups is 1. The highest BCUT2D eigenvalue weighted by atomic mass is 32.2. The van der Waals surface area contributed by atoms with Gasteiger partial charge in [-0.15, -0.1) is 0 Å². The van der Waals surface area contributed by atoms with Crippen LogP contribution in [0.4, 0.5) is 5.69 Å². The Morgan fingerprint density at radius 1 is 1.10 bits per heavy atom. The standard InChI is InChI=1S/C25H28N2O2S/c1-3-29-21-15-13-19(14-16-21)17-23-24(28)27(22-12-8-7-9-18(22)2)25(30-23)26-20-10-5-4-6-11-20/h4-6,10-11,13-18,22H,3,7-9,12H2,1-2H3/b23-17-,26-25?/t18-,22+/m0/s1. The van der Waals surface area contributed by atoms with Crippen molar-refractivity contribution in [2.75, 3.05) is 6.61 Å². The molecule has 5 heteroatoms. The maximum absolute atomic E-state index is 13.5. The molecule has 2 aromatic carbocycles. The lowest BCUT2D eigenvalue weighted by Crippen LogP contribution is -2.44. The fraction of sp³-hybridized carbons (Fsp3) is 0.360. The first-order valence-electron chi connectivity index (χ1n) is 10.8. The fourth-order valence-corrected chi connectivity index (χ4v) is 5.17. The van der Waals surface area contributed by atoms with Crippen LogP contribution in [0.25, 0.3) is 6.08 Å². The van der Waals surface area contributed by atoms with Crippen molar-refractivity contribution in [1.82, 2.24) is 4.90 Å². The average molecular weight is 421 g/mol. The predicted molar refractivity (Wildman–Crippen MR) is 125 cm³/mol. The topological polar surface area (TPSA) is 41.9 Å². The van der Waals surface area contributed by atoms with Gasteiger partial charge in [0, 0.05) is 6.04 Å². The van der Waals surface area contributed by atoms with Gasteiger partial charge in [-0.2, -0.15) is 0 Å². The zero-order chi connectivity index (χ0) is 20.9. The summed E-state index contributed by atoms with van der Waals surface area (Å²) in [6, 6.07) is 18.0. The second-order valence-electron chi connectivity index (χ2n) is 7.85. The van der Waals surface area contributed by atoms with E-state index in [9.17, 15) is 4.79 Å². The molecule has 0 aromatic heterocycles. The molecule has 4 nitrogen and oxygen atoms in total. The molecule has 2 fully saturated rings. The number of aliphatic imine (C=N–C) groups is 1. The van der Waals surface area contributed by atoms with Gasteiger partial charge in [0.2, 0.25) is 0 Å². The van der Waals surface area contributed by atoms with E-state index < -0.39 is 0 Å². The van der Waals surface area contributed by atoms with Gasteiger partial charge in [-0.3, -0.25) is 9.69 Å². The second kappa shape index (κ2) is 9.52. The summed E-state index contributed by atoms with van der Waals surface area (Å²) in [4.78, 5) is 21.0. The highest BCUT2D eigenvalue weighted by Gasteiger charge is 2.41. The Morgan fingerprint density at radius 3 is 2.53 bits per heavy atom. The third-order valence-corrected chi connectivity index (χ3v) is 6.69. The molecular formula is C25H28N2O2S. The number of para-hydroxylation sites is 1. The molecule has 2 aromatic rings. The average Bonchev–Trinajstić information content (AvgIpc) is 3.05. The molecule has 0 spiro atoms. The summed E-state index contributed by atoms with van der Waals surface area (Å²) in [5.74, 6) is 1.39. The smallest absolute Gasteiger partial charge is 0.267 e. The summed E-state index contributed by atoms with van der Waals surface area (Å²) >= 11 is 1.48. The van der Waals surface area contributed by atoms with E-state index in [-0.39, 0.29) is 11.9 Å². The van der Waals surface area contributed by atoms with Gasteiger partial charge < -0.3 is 4.74 Å². The van der Waals surface area contributed by atoms with Crippen LogP contribution in [0.3, 0.4) is 0 Å². The Labute approximate surface area is 183 Å². The highest BCUT2D eigenvalue weighted by Crippen LogP contribution is 2.40. The minimum Gasteiger partial charge on any atom is -0.494 e. The van der Waals surface area contributed by atoms with Crippen molar-refractivity contribution in [2.24, 2.45) is 10.9 Å². The van der Waals surface area contributed by atoms with Crippen molar-refractivity contribution < 1.29 is 9.53 Å². The molecule has 1 saturated carbocycles. The number of benzene rings is 2. The first kappa shape index (κ1) is 20.7. The number of ether oxygens (including phenoxy) is 1. The van der Waals surface area contributed by atoms with Crippen LogP contribution in [0.2, 0.25) is 0 Å². The maximum Gasteiger partial charge on any atom is 0.267 e. The molecule has 30 heavy (non-hydrogen) atoms. The second-order valence-corrected chi connectivity index (χ2v) is 8.86. The molecule has 0 N–H and O–H groups in total. The van der Waals surface area contributed by atoms with Gasteiger partial charge >= 0.3 is 0 Å². The van der Waals surface area contributed by atoms with E-state index in [1.54, 1.807) is 0 Å². The minimum absolute atomic E-state index is 0.0716. The molecule has 4 rings (SSSR count). The van der Waals surface area contributed by atoms with E-state index in [1.165, 1.54) is 24.6 Å². The van der Waals surface area contributed by atoms with Gasteiger partial charge in [-0.1, -0.05) is 50.1 Å². The van der Waals surface area contributed by atoms with Crippen molar-refractivity contribution in [3.63, 3.8) is 0 Å². The molecule has 1 saturated heterocycles. The van der Waals surface area contributed by atoms with E-state index in [4.69, 9.17) is 9.73 Å². The van der Waals surface area contributed by atoms with Crippen LogP contribution in [0, 0.1) is 5.92 Å². The van der Waals surface area contributed by atoms with Crippen LogP contribution >= 0.6 is 11.8 Å². The number of hydrogen-bond acceptors (Lipinski definition) is 4. The van der Waals surface area contributed by atoms with Crippen molar-refractivity contribution >= 4 is 34.6 Å². The maximum atomic E-state index is 13.5. The Bertz CT molecular complexity index is 937. The normalized spacial score (nSPS) is 24.6. The quantitative estimate of drug-likeness (QED) is 0.536. The molecule has 156 valence electrons. The van der Waals surface area contributed by atoms with Gasteiger partial charge in [-0.25, -0.2) is 4.99 Å². The van der Waals surface area contributed by atoms with Crippen LogP contribution in [0.15, 0.2) is 64.5 Å². The third kappa shape index (κ3) is 4.62. The summed E-state index contributed by atoms with van der Waals surface area (Å²) in [7, 11) is 0. The monoisotopic (exact) mass is 420 g/mol. The zero-order valence-electron chi connectivity index (χ0n) is 17.6. The van der Waals surface area contributed by atoms with Gasteiger partial charge in [0.05, 0.1) is 17.2 Å². The largest absolute Gasteiger partial charge is 0.494 e. The molecule has 0 unspecified atom stereocenters. The molecule has 1 amide bonds. The summed E-state index contributed by atoms with van der Waals surface area (Å²) in [6.45, 7) is 4.87. The van der Waals surface area contributed by atoms with Gasteiger partial charge in [0.25, 0.3) is 5.91 Å². The molecular weight excluding hydrogens is 392 g/mol. The van der Waals surface area contributed by atoms with E-state index in [0.29, 0.717) is 12.5 Å². The van der Waals surface area contributed by atoms with Crippen molar-refractivity contribution in [3.8, 4) is 5.75 Å². The fourth-order valence-electron chi connectivity index (χ4n) is 4.13. The predicted octanol–water partition coefficient (Wildman–Crippen LogP) is 6.27. The number of carbonyl (C=O) groups excluding carboxylic acids is 1. The molecule has 2 aliphatic rings. The van der Waals surface area contributed by atoms with Crippen LogP contribution in [0.5, 0.6) is 5.75 Å². The third-order valence-electron chi connectivity index (χ3n) is 5.70. The van der Waals surface area contributed by atoms with Gasteiger partial charge in [0.15, 0.2) is 5.17 Å². The number of hydrogen-bond donors (Lipinski definition) is 0. The minimum atomic E-state index is 0.0716. The lowest BCUT2D eigenvalue weighted by atomic mass is 9.85. The first-order valence-corrected chi connectivity index (χ1v) is 11.6. The Balaban J connectivity index is 1.66. The Morgan fingerprint density at radius 2 is 1.83 bits per heavy atom.